The number of nitrogens with zero attached hydrogens (tertiary/aromatic N) is 3. The van der Waals surface area contributed by atoms with Crippen LogP contribution in [0.1, 0.15) is 24.0 Å². The fourth-order valence-electron chi connectivity index (χ4n) is 1.98. The van der Waals surface area contributed by atoms with Crippen molar-refractivity contribution >= 4 is 16.5 Å². The summed E-state index contributed by atoms with van der Waals surface area (Å²) >= 11 is 1.51. The molecule has 102 valence electrons. The van der Waals surface area contributed by atoms with E-state index in [1.165, 1.54) is 11.3 Å². The second-order valence-electron chi connectivity index (χ2n) is 4.57. The number of nitrogen functional groups attached to an aromatic ring is 1. The van der Waals surface area contributed by atoms with Crippen LogP contribution in [0.5, 0.6) is 0 Å². The van der Waals surface area contributed by atoms with E-state index in [2.05, 4.69) is 33.9 Å². The molecule has 0 unspecified atom stereocenters. The fraction of sp³-hybridized carbons (Fsp3) is 0.429. The zero-order chi connectivity index (χ0) is 13.7. The quantitative estimate of drug-likeness (QED) is 0.880. The number of pyridine rings is 1. The van der Waals surface area contributed by atoms with E-state index in [-0.39, 0.29) is 0 Å². The topological polar surface area (TPSA) is 55.0 Å². The van der Waals surface area contributed by atoms with Gasteiger partial charge in [-0.25, -0.2) is 4.98 Å². The zero-order valence-corrected chi connectivity index (χ0v) is 12.3. The van der Waals surface area contributed by atoms with E-state index in [9.17, 15) is 0 Å². The van der Waals surface area contributed by atoms with E-state index in [4.69, 9.17) is 5.73 Å². The van der Waals surface area contributed by atoms with E-state index in [0.717, 1.165) is 43.1 Å². The third-order valence-electron chi connectivity index (χ3n) is 3.03. The molecule has 0 amide bonds. The van der Waals surface area contributed by atoms with Gasteiger partial charge in [0.2, 0.25) is 0 Å². The van der Waals surface area contributed by atoms with Gasteiger partial charge in [0, 0.05) is 30.6 Å². The number of nitrogens with two attached hydrogens (primary N) is 1. The van der Waals surface area contributed by atoms with Crippen molar-refractivity contribution in [1.82, 2.24) is 14.9 Å². The van der Waals surface area contributed by atoms with Crippen LogP contribution in [0.4, 0.5) is 5.13 Å². The molecule has 0 radical (unpaired) electrons. The Hall–Kier alpha value is -1.46. The van der Waals surface area contributed by atoms with Crippen molar-refractivity contribution in [2.45, 2.75) is 26.8 Å². The van der Waals surface area contributed by atoms with Crippen LogP contribution in [0, 0.1) is 6.92 Å². The number of hydrogen-bond donors (Lipinski definition) is 1. The average Bonchev–Trinajstić information content (AvgIpc) is 2.80. The number of anilines is 1. The van der Waals surface area contributed by atoms with Crippen molar-refractivity contribution in [1.29, 1.82) is 0 Å². The first-order valence-electron chi connectivity index (χ1n) is 6.52. The van der Waals surface area contributed by atoms with Crippen molar-refractivity contribution in [3.05, 3.63) is 40.7 Å². The summed E-state index contributed by atoms with van der Waals surface area (Å²) in [5.74, 6) is 0. The fourth-order valence-corrected chi connectivity index (χ4v) is 2.57. The summed E-state index contributed by atoms with van der Waals surface area (Å²) < 4.78 is 0. The molecule has 0 saturated heterocycles. The smallest absolute Gasteiger partial charge is 0.180 e. The molecule has 0 saturated carbocycles. The number of rotatable bonds is 6. The van der Waals surface area contributed by atoms with Gasteiger partial charge in [-0.3, -0.25) is 9.88 Å². The average molecular weight is 276 g/mol. The van der Waals surface area contributed by atoms with E-state index in [0.29, 0.717) is 5.13 Å². The largest absolute Gasteiger partial charge is 0.375 e. The van der Waals surface area contributed by atoms with Crippen LogP contribution in [-0.2, 0) is 13.0 Å². The van der Waals surface area contributed by atoms with Gasteiger partial charge in [-0.1, -0.05) is 13.0 Å². The molecular weight excluding hydrogens is 256 g/mol. The maximum absolute atomic E-state index is 5.64. The Kier molecular flexibility index (Phi) is 4.87. The lowest BCUT2D eigenvalue weighted by molar-refractivity contribution is 0.279. The van der Waals surface area contributed by atoms with Gasteiger partial charge in [0.1, 0.15) is 0 Å². The third-order valence-corrected chi connectivity index (χ3v) is 3.76. The van der Waals surface area contributed by atoms with Crippen LogP contribution in [0.2, 0.25) is 0 Å². The van der Waals surface area contributed by atoms with E-state index >= 15 is 0 Å². The zero-order valence-electron chi connectivity index (χ0n) is 11.5. The van der Waals surface area contributed by atoms with Crippen LogP contribution in [0.3, 0.4) is 0 Å². The molecule has 0 aliphatic heterocycles. The molecule has 0 aromatic carbocycles. The Morgan fingerprint density at radius 1 is 1.26 bits per heavy atom. The van der Waals surface area contributed by atoms with Gasteiger partial charge in [0.25, 0.3) is 0 Å². The van der Waals surface area contributed by atoms with E-state index < -0.39 is 0 Å². The Morgan fingerprint density at radius 2 is 2.11 bits per heavy atom. The lowest BCUT2D eigenvalue weighted by Gasteiger charge is -2.19. The van der Waals surface area contributed by atoms with Crippen molar-refractivity contribution in [2.75, 3.05) is 18.8 Å². The molecule has 19 heavy (non-hydrogen) atoms. The Morgan fingerprint density at radius 3 is 2.74 bits per heavy atom. The second-order valence-corrected chi connectivity index (χ2v) is 5.46. The number of likely N-dealkylation sites (N-methyl/N-ethyl adjacent to an activating group) is 1. The van der Waals surface area contributed by atoms with Gasteiger partial charge in [-0.05, 0) is 25.6 Å². The summed E-state index contributed by atoms with van der Waals surface area (Å²) in [5, 5.41) is 2.69. The van der Waals surface area contributed by atoms with Gasteiger partial charge in [0.15, 0.2) is 5.13 Å². The van der Waals surface area contributed by atoms with Crippen molar-refractivity contribution in [2.24, 2.45) is 0 Å². The lowest BCUT2D eigenvalue weighted by atomic mass is 10.2. The first kappa shape index (κ1) is 14.0. The van der Waals surface area contributed by atoms with Gasteiger partial charge in [-0.15, -0.1) is 11.3 Å². The number of hydrogen-bond acceptors (Lipinski definition) is 5. The van der Waals surface area contributed by atoms with Crippen LogP contribution in [-0.4, -0.2) is 28.0 Å². The summed E-state index contributed by atoms with van der Waals surface area (Å²) in [7, 11) is 0. The normalized spacial score (nSPS) is 11.1. The maximum Gasteiger partial charge on any atom is 0.180 e. The summed E-state index contributed by atoms with van der Waals surface area (Å²) in [4.78, 5) is 11.2. The van der Waals surface area contributed by atoms with Crippen LogP contribution in [0.25, 0.3) is 0 Å². The first-order chi connectivity index (χ1) is 9.17. The predicted molar refractivity (Wildman–Crippen MR) is 80.2 cm³/mol. The number of aryl methyl sites for hydroxylation is 1. The van der Waals surface area contributed by atoms with Crippen LogP contribution >= 0.6 is 11.3 Å². The van der Waals surface area contributed by atoms with Crippen molar-refractivity contribution in [3.8, 4) is 0 Å². The van der Waals surface area contributed by atoms with E-state index in [1.807, 2.05) is 18.4 Å². The van der Waals surface area contributed by atoms with Crippen LogP contribution < -0.4 is 5.73 Å². The standard InChI is InChI=1S/C14H20N4S/c1-3-18(8-7-13-10-19-14(15)17-13)9-12-6-4-5-11(2)16-12/h4-6,10H,3,7-9H2,1-2H3,(H2,15,17). The number of thiazole rings is 1. The lowest BCUT2D eigenvalue weighted by Crippen LogP contribution is -2.26. The van der Waals surface area contributed by atoms with Gasteiger partial charge in [-0.2, -0.15) is 0 Å². The molecule has 2 rings (SSSR count). The molecule has 2 aromatic heterocycles. The molecule has 0 atom stereocenters. The SMILES string of the molecule is CCN(CCc1csc(N)n1)Cc1cccc(C)n1. The minimum absolute atomic E-state index is 0.651. The summed E-state index contributed by atoms with van der Waals surface area (Å²) in [6.07, 6.45) is 0.938. The van der Waals surface area contributed by atoms with Gasteiger partial charge in [0.05, 0.1) is 11.4 Å². The Balaban J connectivity index is 1.89. The minimum Gasteiger partial charge on any atom is -0.375 e. The monoisotopic (exact) mass is 276 g/mol. The van der Waals surface area contributed by atoms with Crippen LogP contribution in [0.15, 0.2) is 23.6 Å². The Labute approximate surface area is 118 Å². The molecule has 0 aliphatic rings. The third kappa shape index (κ3) is 4.29. The molecule has 0 spiro atoms. The van der Waals surface area contributed by atoms with E-state index in [1.54, 1.807) is 0 Å². The highest BCUT2D eigenvalue weighted by Gasteiger charge is 2.07. The summed E-state index contributed by atoms with van der Waals surface area (Å²) in [6, 6.07) is 6.17. The highest BCUT2D eigenvalue weighted by molar-refractivity contribution is 7.13. The molecule has 2 heterocycles. The first-order valence-corrected chi connectivity index (χ1v) is 7.40. The molecule has 0 bridgehead atoms. The summed E-state index contributed by atoms with van der Waals surface area (Å²) in [5.41, 5.74) is 8.92. The minimum atomic E-state index is 0.651. The van der Waals surface area contributed by atoms with Crippen molar-refractivity contribution < 1.29 is 0 Å². The molecule has 2 aromatic rings. The molecule has 5 heteroatoms. The summed E-state index contributed by atoms with van der Waals surface area (Å²) in [6.45, 7) is 7.07. The van der Waals surface area contributed by atoms with Gasteiger partial charge >= 0.3 is 0 Å². The molecule has 0 fully saturated rings. The Bertz CT molecular complexity index is 524. The highest BCUT2D eigenvalue weighted by Crippen LogP contribution is 2.12. The second kappa shape index (κ2) is 6.63. The highest BCUT2D eigenvalue weighted by atomic mass is 32.1. The molecular formula is C14H20N4S. The van der Waals surface area contributed by atoms with Crippen molar-refractivity contribution in [3.63, 3.8) is 0 Å². The maximum atomic E-state index is 5.64. The molecule has 0 aliphatic carbocycles. The predicted octanol–water partition coefficient (Wildman–Crippen LogP) is 2.49. The molecule has 4 nitrogen and oxygen atoms in total. The number of aromatic nitrogens is 2. The van der Waals surface area contributed by atoms with Gasteiger partial charge < -0.3 is 5.73 Å². The molecule has 2 N–H and O–H groups in total.